The average molecular weight is 369 g/mol. The number of hydrogen-bond donors (Lipinski definition) is 1. The molecular formula is C19H31NO6. The highest BCUT2D eigenvalue weighted by molar-refractivity contribution is 5.69. The van der Waals surface area contributed by atoms with Crippen molar-refractivity contribution in [3.63, 3.8) is 0 Å². The molecule has 4 heterocycles. The molecule has 26 heavy (non-hydrogen) atoms. The van der Waals surface area contributed by atoms with Gasteiger partial charge in [-0.25, -0.2) is 9.78 Å². The van der Waals surface area contributed by atoms with E-state index < -0.39 is 29.5 Å². The molecule has 4 saturated heterocycles. The molecule has 4 aliphatic heterocycles. The van der Waals surface area contributed by atoms with Gasteiger partial charge in [-0.2, -0.15) is 0 Å². The number of carbonyl (C=O) groups is 1. The van der Waals surface area contributed by atoms with Gasteiger partial charge < -0.3 is 19.9 Å². The Morgan fingerprint density at radius 1 is 1.23 bits per heavy atom. The molecule has 7 heteroatoms. The van der Waals surface area contributed by atoms with Gasteiger partial charge in [-0.15, -0.1) is 0 Å². The second kappa shape index (κ2) is 6.14. The van der Waals surface area contributed by atoms with E-state index in [1.165, 1.54) is 0 Å². The minimum atomic E-state index is -0.900. The lowest BCUT2D eigenvalue weighted by molar-refractivity contribution is -0.577. The third kappa shape index (κ3) is 2.41. The smallest absolute Gasteiger partial charge is 0.308 e. The number of fused-ring (bicyclic) bond motifs is 2. The van der Waals surface area contributed by atoms with E-state index in [0.717, 1.165) is 25.7 Å². The zero-order valence-electron chi connectivity index (χ0n) is 16.2. The van der Waals surface area contributed by atoms with Crippen LogP contribution in [0, 0.1) is 17.8 Å². The number of carbonyl (C=O) groups excluding carboxylic acids is 1. The Balaban J connectivity index is 1.71. The summed E-state index contributed by atoms with van der Waals surface area (Å²) in [6, 6.07) is 0. The van der Waals surface area contributed by atoms with Gasteiger partial charge in [0.2, 0.25) is 12.1 Å². The van der Waals surface area contributed by atoms with Gasteiger partial charge in [-0.05, 0) is 38.5 Å². The van der Waals surface area contributed by atoms with Crippen molar-refractivity contribution in [1.29, 1.82) is 0 Å². The Hall–Kier alpha value is -0.730. The molecule has 7 nitrogen and oxygen atoms in total. The number of esters is 1. The van der Waals surface area contributed by atoms with Gasteiger partial charge in [-0.1, -0.05) is 20.8 Å². The molecule has 5 aliphatic rings. The fraction of sp³-hybridized carbons (Fsp3) is 0.947. The first kappa shape index (κ1) is 18.6. The maximum Gasteiger partial charge on any atom is 0.308 e. The molecule has 5 fully saturated rings. The van der Waals surface area contributed by atoms with Crippen molar-refractivity contribution in [2.45, 2.75) is 95.7 Å². The van der Waals surface area contributed by atoms with Gasteiger partial charge in [0, 0.05) is 24.7 Å². The van der Waals surface area contributed by atoms with Gasteiger partial charge in [0.25, 0.3) is 0 Å². The van der Waals surface area contributed by atoms with E-state index in [2.05, 4.69) is 6.92 Å². The molecule has 1 saturated carbocycles. The normalized spacial score (nSPS) is 52.9. The molecule has 8 atom stereocenters. The molecule has 5 rings (SSSR count). The van der Waals surface area contributed by atoms with Crippen LogP contribution in [-0.2, 0) is 28.8 Å². The fourth-order valence-electron chi connectivity index (χ4n) is 5.42. The van der Waals surface area contributed by atoms with Gasteiger partial charge in [0.15, 0.2) is 11.9 Å². The van der Waals surface area contributed by atoms with Crippen molar-refractivity contribution in [1.82, 2.24) is 0 Å². The van der Waals surface area contributed by atoms with Gasteiger partial charge in [0.05, 0.1) is 5.54 Å². The summed E-state index contributed by atoms with van der Waals surface area (Å²) in [6.45, 7) is 8.01. The van der Waals surface area contributed by atoms with Crippen LogP contribution in [-0.4, -0.2) is 35.5 Å². The Labute approximate surface area is 154 Å². The largest absolute Gasteiger partial charge is 0.435 e. The highest BCUT2D eigenvalue weighted by atomic mass is 17.3. The predicted molar refractivity (Wildman–Crippen MR) is 91.3 cm³/mol. The van der Waals surface area contributed by atoms with Crippen molar-refractivity contribution in [3.05, 3.63) is 0 Å². The van der Waals surface area contributed by atoms with Crippen LogP contribution in [0.4, 0.5) is 0 Å². The molecule has 1 spiro atoms. The highest BCUT2D eigenvalue weighted by Gasteiger charge is 2.74. The first-order valence-corrected chi connectivity index (χ1v) is 9.94. The molecule has 0 aromatic carbocycles. The SMILES string of the molecule is CCCC(=O)OC1O[C@@H]2O[C@@]3(C)CC[C@@]4(N)[C@H](C)CCC([C@H]1C)[C@@]24OO3. The number of nitrogens with two attached hydrogens (primary N) is 1. The quantitative estimate of drug-likeness (QED) is 0.604. The van der Waals surface area contributed by atoms with Gasteiger partial charge in [-0.3, -0.25) is 4.79 Å². The van der Waals surface area contributed by atoms with Crippen molar-refractivity contribution in [2.75, 3.05) is 0 Å². The lowest BCUT2D eigenvalue weighted by Crippen LogP contribution is -2.79. The van der Waals surface area contributed by atoms with Crippen molar-refractivity contribution >= 4 is 5.97 Å². The summed E-state index contributed by atoms with van der Waals surface area (Å²) in [5.74, 6) is -0.918. The maximum atomic E-state index is 12.1. The number of ether oxygens (including phenoxy) is 3. The molecule has 0 aromatic rings. The van der Waals surface area contributed by atoms with E-state index in [4.69, 9.17) is 29.7 Å². The average Bonchev–Trinajstić information content (AvgIpc) is 2.77. The number of hydrogen-bond acceptors (Lipinski definition) is 7. The summed E-state index contributed by atoms with van der Waals surface area (Å²) in [6.07, 6.45) is 3.04. The summed E-state index contributed by atoms with van der Waals surface area (Å²) >= 11 is 0. The highest BCUT2D eigenvalue weighted by Crippen LogP contribution is 2.61. The van der Waals surface area contributed by atoms with Crippen LogP contribution in [0.25, 0.3) is 0 Å². The van der Waals surface area contributed by atoms with Crippen LogP contribution < -0.4 is 5.73 Å². The molecule has 0 radical (unpaired) electrons. The molecule has 0 amide bonds. The van der Waals surface area contributed by atoms with E-state index in [1.807, 2.05) is 20.8 Å². The van der Waals surface area contributed by atoms with Crippen molar-refractivity contribution in [3.8, 4) is 0 Å². The molecule has 2 bridgehead atoms. The van der Waals surface area contributed by atoms with E-state index in [1.54, 1.807) is 0 Å². The van der Waals surface area contributed by atoms with Crippen molar-refractivity contribution in [2.24, 2.45) is 23.5 Å². The van der Waals surface area contributed by atoms with Crippen molar-refractivity contribution < 1.29 is 28.8 Å². The summed E-state index contributed by atoms with van der Waals surface area (Å²) in [5, 5.41) is 0. The van der Waals surface area contributed by atoms with E-state index >= 15 is 0 Å². The first-order valence-electron chi connectivity index (χ1n) is 9.94. The molecule has 2 N–H and O–H groups in total. The Morgan fingerprint density at radius 3 is 2.73 bits per heavy atom. The van der Waals surface area contributed by atoms with Crippen LogP contribution in [0.15, 0.2) is 0 Å². The first-order chi connectivity index (χ1) is 12.3. The van der Waals surface area contributed by atoms with E-state index in [0.29, 0.717) is 12.8 Å². The lowest BCUT2D eigenvalue weighted by atomic mass is 9.54. The fourth-order valence-corrected chi connectivity index (χ4v) is 5.42. The molecule has 1 aliphatic carbocycles. The Kier molecular flexibility index (Phi) is 4.40. The van der Waals surface area contributed by atoms with Crippen LogP contribution in [0.3, 0.4) is 0 Å². The predicted octanol–water partition coefficient (Wildman–Crippen LogP) is 2.62. The summed E-state index contributed by atoms with van der Waals surface area (Å²) in [5.41, 5.74) is 5.52. The van der Waals surface area contributed by atoms with Crippen LogP contribution in [0.1, 0.15) is 66.2 Å². The monoisotopic (exact) mass is 369 g/mol. The zero-order chi connectivity index (χ0) is 18.7. The third-order valence-corrected chi connectivity index (χ3v) is 7.15. The van der Waals surface area contributed by atoms with E-state index in [9.17, 15) is 4.79 Å². The lowest BCUT2D eigenvalue weighted by Gasteiger charge is -2.63. The second-order valence-corrected chi connectivity index (χ2v) is 8.77. The number of rotatable bonds is 3. The third-order valence-electron chi connectivity index (χ3n) is 7.15. The Bertz CT molecular complexity index is 586. The standard InChI is InChI=1S/C19H31NO6/c1-5-6-14(21)22-15-12(3)13-8-7-11(2)18(20)10-9-17(4)24-16(23-15)19(13,18)26-25-17/h11-13,15-16H,5-10,20H2,1-4H3/t11-,12-,13?,15?,16-,17-,18-,19-/m1/s1. The minimum Gasteiger partial charge on any atom is -0.435 e. The van der Waals surface area contributed by atoms with Crippen LogP contribution in [0.5, 0.6) is 0 Å². The topological polar surface area (TPSA) is 89.2 Å². The summed E-state index contributed by atoms with van der Waals surface area (Å²) < 4.78 is 18.1. The molecule has 148 valence electrons. The minimum absolute atomic E-state index is 0.0320. The summed E-state index contributed by atoms with van der Waals surface area (Å²) in [4.78, 5) is 23.9. The zero-order valence-corrected chi connectivity index (χ0v) is 16.2. The Morgan fingerprint density at radius 2 is 2.00 bits per heavy atom. The summed E-state index contributed by atoms with van der Waals surface area (Å²) in [7, 11) is 0. The molecule has 0 aromatic heterocycles. The van der Waals surface area contributed by atoms with Gasteiger partial charge in [0.1, 0.15) is 0 Å². The van der Waals surface area contributed by atoms with Gasteiger partial charge >= 0.3 is 5.97 Å². The van der Waals surface area contributed by atoms with E-state index in [-0.39, 0.29) is 23.7 Å². The molecular weight excluding hydrogens is 338 g/mol. The molecule has 2 unspecified atom stereocenters. The van der Waals surface area contributed by atoms with Crippen LogP contribution >= 0.6 is 0 Å². The second-order valence-electron chi connectivity index (χ2n) is 8.77. The maximum absolute atomic E-state index is 12.1. The van der Waals surface area contributed by atoms with Crippen LogP contribution in [0.2, 0.25) is 0 Å².